The lowest BCUT2D eigenvalue weighted by Crippen LogP contribution is -2.00. The normalized spacial score (nSPS) is 10.8. The van der Waals surface area contributed by atoms with Gasteiger partial charge in [-0.25, -0.2) is 9.97 Å². The van der Waals surface area contributed by atoms with Crippen molar-refractivity contribution in [2.45, 2.75) is 25.0 Å². The zero-order valence-electron chi connectivity index (χ0n) is 10.1. The summed E-state index contributed by atoms with van der Waals surface area (Å²) in [4.78, 5) is 8.48. The number of hydrogen-bond acceptors (Lipinski definition) is 5. The minimum absolute atomic E-state index is 0.405. The third-order valence-electron chi connectivity index (χ3n) is 1.90. The summed E-state index contributed by atoms with van der Waals surface area (Å²) in [5.41, 5.74) is 0. The maximum Gasteiger partial charge on any atom is 0.156 e. The quantitative estimate of drug-likeness (QED) is 0.415. The van der Waals surface area contributed by atoms with Gasteiger partial charge in [-0.05, 0) is 13.3 Å². The van der Waals surface area contributed by atoms with Crippen molar-refractivity contribution in [2.75, 3.05) is 26.1 Å². The fourth-order valence-electron chi connectivity index (χ4n) is 1.15. The van der Waals surface area contributed by atoms with Crippen LogP contribution in [-0.2, 0) is 16.1 Å². The molecular weight excluding hydrogens is 260 g/mol. The van der Waals surface area contributed by atoms with E-state index in [1.54, 1.807) is 24.9 Å². The number of rotatable bonds is 8. The number of hydrogen-bond donors (Lipinski definition) is 0. The van der Waals surface area contributed by atoms with E-state index >= 15 is 0 Å². The first-order valence-electron chi connectivity index (χ1n) is 5.49. The molecule has 0 spiro atoms. The predicted molar refractivity (Wildman–Crippen MR) is 69.6 cm³/mol. The summed E-state index contributed by atoms with van der Waals surface area (Å²) >= 11 is 7.58. The van der Waals surface area contributed by atoms with Crippen LogP contribution < -0.4 is 0 Å². The van der Waals surface area contributed by atoms with Crippen molar-refractivity contribution in [3.63, 3.8) is 0 Å². The molecule has 17 heavy (non-hydrogen) atoms. The molecule has 0 aromatic carbocycles. The van der Waals surface area contributed by atoms with Gasteiger partial charge in [0.15, 0.2) is 5.82 Å². The molecule has 0 N–H and O–H groups in total. The molecule has 0 aliphatic carbocycles. The molecule has 0 radical (unpaired) electrons. The molecule has 0 amide bonds. The molecule has 1 rings (SSSR count). The summed E-state index contributed by atoms with van der Waals surface area (Å²) in [5.74, 6) is 1.59. The van der Waals surface area contributed by atoms with Crippen molar-refractivity contribution < 1.29 is 9.47 Å². The highest BCUT2D eigenvalue weighted by molar-refractivity contribution is 7.99. The monoisotopic (exact) mass is 276 g/mol. The maximum atomic E-state index is 5.92. The second-order valence-corrected chi connectivity index (χ2v) is 4.78. The Morgan fingerprint density at radius 1 is 1.41 bits per heavy atom. The zero-order valence-corrected chi connectivity index (χ0v) is 11.7. The number of aromatic nitrogens is 2. The van der Waals surface area contributed by atoms with Gasteiger partial charge >= 0.3 is 0 Å². The molecule has 0 atom stereocenters. The molecule has 0 fully saturated rings. The first kappa shape index (κ1) is 14.7. The van der Waals surface area contributed by atoms with Gasteiger partial charge in [-0.15, -0.1) is 11.8 Å². The molecule has 1 aromatic heterocycles. The van der Waals surface area contributed by atoms with Crippen LogP contribution in [-0.4, -0.2) is 36.0 Å². The molecule has 0 saturated carbocycles. The number of ether oxygens (including phenoxy) is 2. The third-order valence-corrected chi connectivity index (χ3v) is 3.09. The lowest BCUT2D eigenvalue weighted by atomic mass is 10.5. The van der Waals surface area contributed by atoms with Crippen LogP contribution in [0.5, 0.6) is 0 Å². The Morgan fingerprint density at radius 3 is 2.94 bits per heavy atom. The first-order chi connectivity index (χ1) is 8.26. The van der Waals surface area contributed by atoms with Gasteiger partial charge in [0.1, 0.15) is 16.8 Å². The lowest BCUT2D eigenvalue weighted by molar-refractivity contribution is 0.128. The zero-order chi connectivity index (χ0) is 12.5. The summed E-state index contributed by atoms with van der Waals surface area (Å²) in [5, 5.41) is 1.35. The lowest BCUT2D eigenvalue weighted by Gasteiger charge is -2.05. The SMILES string of the molecule is CCOCc1nc(Cl)cc(SCCCOC)n1. The van der Waals surface area contributed by atoms with E-state index in [9.17, 15) is 0 Å². The average molecular weight is 277 g/mol. The minimum Gasteiger partial charge on any atom is -0.385 e. The van der Waals surface area contributed by atoms with Crippen LogP contribution in [0.3, 0.4) is 0 Å². The number of thioether (sulfide) groups is 1. The van der Waals surface area contributed by atoms with E-state index < -0.39 is 0 Å². The van der Waals surface area contributed by atoms with Crippen LogP contribution in [0.4, 0.5) is 0 Å². The Morgan fingerprint density at radius 2 is 2.24 bits per heavy atom. The van der Waals surface area contributed by atoms with Gasteiger partial charge in [0.2, 0.25) is 0 Å². The van der Waals surface area contributed by atoms with Crippen LogP contribution in [0.15, 0.2) is 11.1 Å². The molecule has 0 saturated heterocycles. The largest absolute Gasteiger partial charge is 0.385 e. The van der Waals surface area contributed by atoms with E-state index in [4.69, 9.17) is 21.1 Å². The Hall–Kier alpha value is -0.360. The molecular formula is C11H17ClN2O2S. The minimum atomic E-state index is 0.405. The molecule has 0 unspecified atom stereocenters. The standard InChI is InChI=1S/C11H17ClN2O2S/c1-3-16-8-10-13-9(12)7-11(14-10)17-6-4-5-15-2/h7H,3-6,8H2,1-2H3. The van der Waals surface area contributed by atoms with Gasteiger partial charge in [-0.3, -0.25) is 0 Å². The Kier molecular flexibility index (Phi) is 7.51. The van der Waals surface area contributed by atoms with Crippen molar-refractivity contribution in [3.05, 3.63) is 17.0 Å². The van der Waals surface area contributed by atoms with E-state index in [1.165, 1.54) is 0 Å². The fraction of sp³-hybridized carbons (Fsp3) is 0.636. The number of methoxy groups -OCH3 is 1. The average Bonchev–Trinajstić information content (AvgIpc) is 2.31. The van der Waals surface area contributed by atoms with Gasteiger partial charge in [-0.2, -0.15) is 0 Å². The summed E-state index contributed by atoms with van der Waals surface area (Å²) in [7, 11) is 1.70. The van der Waals surface area contributed by atoms with Crippen molar-refractivity contribution in [2.24, 2.45) is 0 Å². The van der Waals surface area contributed by atoms with Crippen molar-refractivity contribution >= 4 is 23.4 Å². The van der Waals surface area contributed by atoms with Crippen molar-refractivity contribution in [3.8, 4) is 0 Å². The fourth-order valence-corrected chi connectivity index (χ4v) is 2.26. The maximum absolute atomic E-state index is 5.92. The summed E-state index contributed by atoms with van der Waals surface area (Å²) < 4.78 is 10.2. The van der Waals surface area contributed by atoms with Gasteiger partial charge in [0.05, 0.1) is 0 Å². The first-order valence-corrected chi connectivity index (χ1v) is 6.85. The Bertz CT molecular complexity index is 339. The highest BCUT2D eigenvalue weighted by Crippen LogP contribution is 2.19. The Labute approximate surface area is 111 Å². The molecule has 4 nitrogen and oxygen atoms in total. The summed E-state index contributed by atoms with van der Waals surface area (Å²) in [6, 6.07) is 1.77. The molecule has 1 aromatic rings. The van der Waals surface area contributed by atoms with E-state index in [0.717, 1.165) is 23.8 Å². The second kappa shape index (κ2) is 8.69. The van der Waals surface area contributed by atoms with Crippen LogP contribution in [0, 0.1) is 0 Å². The highest BCUT2D eigenvalue weighted by Gasteiger charge is 2.04. The molecule has 0 aliphatic heterocycles. The van der Waals surface area contributed by atoms with E-state index in [0.29, 0.717) is 24.2 Å². The summed E-state index contributed by atoms with van der Waals surface area (Å²) in [6.45, 7) is 3.75. The van der Waals surface area contributed by atoms with E-state index in [1.807, 2.05) is 6.92 Å². The Balaban J connectivity index is 2.50. The van der Waals surface area contributed by atoms with Crippen LogP contribution in [0.25, 0.3) is 0 Å². The molecule has 0 bridgehead atoms. The van der Waals surface area contributed by atoms with Gasteiger partial charge in [-0.1, -0.05) is 11.6 Å². The van der Waals surface area contributed by atoms with E-state index in [2.05, 4.69) is 9.97 Å². The third kappa shape index (κ3) is 6.21. The topological polar surface area (TPSA) is 44.2 Å². The van der Waals surface area contributed by atoms with Gasteiger partial charge in [0.25, 0.3) is 0 Å². The van der Waals surface area contributed by atoms with Crippen LogP contribution in [0.1, 0.15) is 19.2 Å². The molecule has 96 valence electrons. The predicted octanol–water partition coefficient (Wildman–Crippen LogP) is 2.80. The summed E-state index contributed by atoms with van der Waals surface area (Å²) in [6.07, 6.45) is 0.990. The van der Waals surface area contributed by atoms with Crippen LogP contribution in [0.2, 0.25) is 5.15 Å². The molecule has 6 heteroatoms. The van der Waals surface area contributed by atoms with Crippen LogP contribution >= 0.6 is 23.4 Å². The number of nitrogens with zero attached hydrogens (tertiary/aromatic N) is 2. The molecule has 0 aliphatic rings. The van der Waals surface area contributed by atoms with Gasteiger partial charge in [0, 0.05) is 32.1 Å². The number of halogens is 1. The smallest absolute Gasteiger partial charge is 0.156 e. The van der Waals surface area contributed by atoms with Gasteiger partial charge < -0.3 is 9.47 Å². The van der Waals surface area contributed by atoms with Crippen molar-refractivity contribution in [1.29, 1.82) is 0 Å². The highest BCUT2D eigenvalue weighted by atomic mass is 35.5. The second-order valence-electron chi connectivity index (χ2n) is 3.28. The van der Waals surface area contributed by atoms with Crippen molar-refractivity contribution in [1.82, 2.24) is 9.97 Å². The van der Waals surface area contributed by atoms with E-state index in [-0.39, 0.29) is 0 Å². The molecule has 1 heterocycles.